The molecule has 0 unspecified atom stereocenters. The molecule has 2 saturated heterocycles. The average molecular weight is 869 g/mol. The minimum absolute atomic E-state index is 0.121. The van der Waals surface area contributed by atoms with Gasteiger partial charge in [-0.05, 0) is 61.4 Å². The van der Waals surface area contributed by atoms with Crippen LogP contribution in [0.2, 0.25) is 0 Å². The van der Waals surface area contributed by atoms with E-state index in [1.54, 1.807) is 46.9 Å². The molecule has 5 aromatic rings. The second-order valence-corrected chi connectivity index (χ2v) is 16.3. The SMILES string of the molecule is Cc1cc(SCC(=O)N[C@@H]2C(=O)N3C(C(=O)O)=C(/C=C4\CCN(Cc5cccc[n+]5CC(=O)Nc5ccc(O)c(F)c5)C4=O)CS[C@H]23)n2nc(-c3ccc(O)c(O)c3)nc2n1. The number of carboxylic acids is 1. The number of fused-ring (bicyclic) bond motifs is 2. The minimum atomic E-state index is -1.35. The highest BCUT2D eigenvalue weighted by Crippen LogP contribution is 2.41. The number of phenols is 3. The maximum absolute atomic E-state index is 13.8. The zero-order chi connectivity index (χ0) is 43.1. The van der Waals surface area contributed by atoms with Gasteiger partial charge in [0.15, 0.2) is 35.1 Å². The summed E-state index contributed by atoms with van der Waals surface area (Å²) in [7, 11) is 0. The van der Waals surface area contributed by atoms with E-state index < -0.39 is 46.7 Å². The number of aromatic hydroxyl groups is 3. The highest BCUT2D eigenvalue weighted by Gasteiger charge is 2.54. The van der Waals surface area contributed by atoms with Gasteiger partial charge in [0.25, 0.3) is 17.6 Å². The molecule has 312 valence electrons. The lowest BCUT2D eigenvalue weighted by atomic mass is 10.0. The topological polar surface area (TPSA) is 244 Å². The van der Waals surface area contributed by atoms with Gasteiger partial charge in [-0.1, -0.05) is 17.8 Å². The summed E-state index contributed by atoms with van der Waals surface area (Å²) < 4.78 is 16.9. The van der Waals surface area contributed by atoms with Gasteiger partial charge >= 0.3 is 5.97 Å². The highest BCUT2D eigenvalue weighted by molar-refractivity contribution is 8.00. The molecule has 21 heteroatoms. The van der Waals surface area contributed by atoms with E-state index >= 15 is 0 Å². The molecule has 6 heterocycles. The fraction of sp³-hybridized carbons (Fsp3) is 0.225. The van der Waals surface area contributed by atoms with E-state index in [2.05, 4.69) is 25.7 Å². The second kappa shape index (κ2) is 16.6. The molecular weight excluding hydrogens is 834 g/mol. The zero-order valence-electron chi connectivity index (χ0n) is 32.0. The fourth-order valence-corrected chi connectivity index (χ4v) is 9.22. The number of nitrogens with zero attached hydrogens (tertiary/aromatic N) is 7. The van der Waals surface area contributed by atoms with Crippen LogP contribution in [0.25, 0.3) is 17.2 Å². The van der Waals surface area contributed by atoms with Gasteiger partial charge in [0.2, 0.25) is 24.1 Å². The zero-order valence-corrected chi connectivity index (χ0v) is 33.6. The van der Waals surface area contributed by atoms with Crippen molar-refractivity contribution in [1.29, 1.82) is 0 Å². The van der Waals surface area contributed by atoms with E-state index in [1.807, 2.05) is 0 Å². The number of nitrogens with one attached hydrogen (secondary N) is 2. The van der Waals surface area contributed by atoms with Crippen LogP contribution in [0.3, 0.4) is 0 Å². The third-order valence-corrected chi connectivity index (χ3v) is 12.3. The minimum Gasteiger partial charge on any atom is -0.505 e. The fourth-order valence-electron chi connectivity index (χ4n) is 7.06. The second-order valence-electron chi connectivity index (χ2n) is 14.2. The Hall–Kier alpha value is -7.00. The Balaban J connectivity index is 0.901. The number of benzene rings is 2. The molecule has 2 aromatic carbocycles. The van der Waals surface area contributed by atoms with Crippen molar-refractivity contribution in [2.75, 3.05) is 23.4 Å². The molecule has 8 rings (SSSR count). The molecule has 4 amide bonds. The largest absolute Gasteiger partial charge is 0.505 e. The van der Waals surface area contributed by atoms with Crippen molar-refractivity contribution in [3.05, 3.63) is 107 Å². The summed E-state index contributed by atoms with van der Waals surface area (Å²) in [5.41, 5.74) is 2.22. The predicted octanol–water partition coefficient (Wildman–Crippen LogP) is 2.47. The van der Waals surface area contributed by atoms with Gasteiger partial charge in [-0.15, -0.1) is 16.9 Å². The Morgan fingerprint density at radius 1 is 1.02 bits per heavy atom. The number of hydrogen-bond donors (Lipinski definition) is 6. The molecule has 0 bridgehead atoms. The first-order chi connectivity index (χ1) is 29.2. The summed E-state index contributed by atoms with van der Waals surface area (Å²) in [6, 6.07) is 13.6. The van der Waals surface area contributed by atoms with Crippen molar-refractivity contribution in [2.24, 2.45) is 0 Å². The van der Waals surface area contributed by atoms with Crippen LogP contribution in [0, 0.1) is 12.7 Å². The molecule has 2 fully saturated rings. The van der Waals surface area contributed by atoms with Crippen LogP contribution in [-0.4, -0.2) is 109 Å². The lowest BCUT2D eigenvalue weighted by Crippen LogP contribution is -2.70. The molecule has 3 aromatic heterocycles. The summed E-state index contributed by atoms with van der Waals surface area (Å²) in [5.74, 6) is -4.76. The molecule has 18 nitrogen and oxygen atoms in total. The van der Waals surface area contributed by atoms with Crippen molar-refractivity contribution >= 4 is 64.6 Å². The van der Waals surface area contributed by atoms with E-state index in [-0.39, 0.29) is 70.6 Å². The molecule has 61 heavy (non-hydrogen) atoms. The van der Waals surface area contributed by atoms with E-state index in [0.717, 1.165) is 28.8 Å². The van der Waals surface area contributed by atoms with Crippen LogP contribution < -0.4 is 15.2 Å². The third kappa shape index (κ3) is 8.28. The van der Waals surface area contributed by atoms with Gasteiger partial charge in [0.1, 0.15) is 28.7 Å². The number of carbonyl (C=O) groups excluding carboxylic acids is 4. The van der Waals surface area contributed by atoms with E-state index in [1.165, 1.54) is 46.6 Å². The number of halogens is 1. The summed E-state index contributed by atoms with van der Waals surface area (Å²) >= 11 is 2.39. The number of likely N-dealkylation sites (tertiary alicyclic amines) is 1. The number of aryl methyl sites for hydroxylation is 1. The van der Waals surface area contributed by atoms with Crippen molar-refractivity contribution in [2.45, 2.75) is 42.9 Å². The number of pyridine rings is 1. The number of amides is 4. The first-order valence-corrected chi connectivity index (χ1v) is 20.6. The number of carboxylic acid groups (broad SMARTS) is 1. The van der Waals surface area contributed by atoms with Gasteiger partial charge < -0.3 is 36.0 Å². The number of aromatic nitrogens is 5. The molecule has 0 saturated carbocycles. The van der Waals surface area contributed by atoms with Gasteiger partial charge in [-0.25, -0.2) is 14.2 Å². The van der Waals surface area contributed by atoms with Crippen molar-refractivity contribution in [1.82, 2.24) is 34.7 Å². The van der Waals surface area contributed by atoms with Gasteiger partial charge in [0.05, 0.1) is 5.75 Å². The van der Waals surface area contributed by atoms with Crippen molar-refractivity contribution < 1.29 is 53.4 Å². The van der Waals surface area contributed by atoms with E-state index in [4.69, 9.17) is 0 Å². The Bertz CT molecular complexity index is 2740. The van der Waals surface area contributed by atoms with Crippen molar-refractivity contribution in [3.63, 3.8) is 0 Å². The lowest BCUT2D eigenvalue weighted by molar-refractivity contribution is -0.692. The number of allylic oxidation sites excluding steroid dienone is 1. The number of aliphatic carboxylic acids is 1. The van der Waals surface area contributed by atoms with Gasteiger partial charge in [-0.3, -0.25) is 24.1 Å². The summed E-state index contributed by atoms with van der Waals surface area (Å²) in [4.78, 5) is 77.2. The lowest BCUT2D eigenvalue weighted by Gasteiger charge is -2.49. The average Bonchev–Trinajstić information content (AvgIpc) is 3.81. The molecule has 6 N–H and O–H groups in total. The Kier molecular flexibility index (Phi) is 11.1. The molecule has 3 aliphatic rings. The van der Waals surface area contributed by atoms with Crippen molar-refractivity contribution in [3.8, 4) is 28.6 Å². The number of phenolic OH excluding ortho intramolecular Hbond substituents is 3. The van der Waals surface area contributed by atoms with E-state index in [9.17, 15) is 48.8 Å². The number of rotatable bonds is 12. The van der Waals surface area contributed by atoms with E-state index in [0.29, 0.717) is 40.5 Å². The Morgan fingerprint density at radius 2 is 1.82 bits per heavy atom. The first kappa shape index (κ1) is 40.8. The first-order valence-electron chi connectivity index (χ1n) is 18.6. The molecule has 0 aliphatic carbocycles. The Labute approximate surface area is 353 Å². The third-order valence-electron chi connectivity index (χ3n) is 10.0. The standard InChI is InChI=1S/C40H34FN9O9S2/c1-20-12-32(50-40(42-20)45-35(46-50)21-5-7-28(52)29(53)14-21)60-19-31(55)44-33-37(57)49-34(39(58)59)23(18-61-38(33)49)13-22-9-11-48(36(22)56)16-25-4-2-3-10-47(25)17-30(54)43-24-6-8-27(51)26(41)15-24/h2-8,10,12-15,33,38H,9,11,16-19H2,1H3,(H5-,43,44,46,51,52,53,54,55,58,59)/p+1/b22-13+/t33-,38-/m1/s1. The predicted molar refractivity (Wildman–Crippen MR) is 216 cm³/mol. The number of thioether (sulfide) groups is 2. The summed E-state index contributed by atoms with van der Waals surface area (Å²) in [6.45, 7) is 2.07. The summed E-state index contributed by atoms with van der Waals surface area (Å²) in [6.07, 6.45) is 3.50. The van der Waals surface area contributed by atoms with Crippen LogP contribution >= 0.6 is 23.5 Å². The maximum atomic E-state index is 13.8. The smallest absolute Gasteiger partial charge is 0.352 e. The quantitative estimate of drug-likeness (QED) is 0.0201. The monoisotopic (exact) mass is 868 g/mol. The number of anilines is 1. The number of hydrogen-bond acceptors (Lipinski definition) is 13. The molecule has 0 spiro atoms. The summed E-state index contributed by atoms with van der Waals surface area (Å²) in [5, 5.41) is 48.9. The molecule has 3 aliphatic heterocycles. The van der Waals surface area contributed by atoms with Gasteiger partial charge in [0, 0.05) is 53.0 Å². The van der Waals surface area contributed by atoms with Crippen LogP contribution in [0.5, 0.6) is 17.2 Å². The molecule has 2 atom stereocenters. The van der Waals surface area contributed by atoms with Crippen LogP contribution in [-0.2, 0) is 37.1 Å². The highest BCUT2D eigenvalue weighted by atomic mass is 32.2. The van der Waals surface area contributed by atoms with Crippen LogP contribution in [0.1, 0.15) is 17.8 Å². The molecule has 0 radical (unpaired) electrons. The normalized spacial score (nSPS) is 18.1. The number of carbonyl (C=O) groups is 5. The van der Waals surface area contributed by atoms with Gasteiger partial charge in [-0.2, -0.15) is 14.1 Å². The Morgan fingerprint density at radius 3 is 2.59 bits per heavy atom. The van der Waals surface area contributed by atoms with Crippen LogP contribution in [0.4, 0.5) is 10.1 Å². The number of β-lactam (4-membered cyclic amide) rings is 1. The van der Waals surface area contributed by atoms with Crippen LogP contribution in [0.15, 0.2) is 94.8 Å². The maximum Gasteiger partial charge on any atom is 0.352 e. The molecular formula is C40H35FN9O9S2+.